The molecule has 0 saturated carbocycles. The van der Waals surface area contributed by atoms with Gasteiger partial charge in [0.1, 0.15) is 23.1 Å². The van der Waals surface area contributed by atoms with Gasteiger partial charge in [-0.05, 0) is 42.5 Å². The predicted octanol–water partition coefficient (Wildman–Crippen LogP) is 3.37. The van der Waals surface area contributed by atoms with E-state index in [9.17, 15) is 9.59 Å². The maximum atomic E-state index is 12.5. The first kappa shape index (κ1) is 22.2. The van der Waals surface area contributed by atoms with Crippen molar-refractivity contribution in [3.8, 4) is 33.3 Å². The fourth-order valence-electron chi connectivity index (χ4n) is 3.13. The van der Waals surface area contributed by atoms with Gasteiger partial charge in [0.15, 0.2) is 0 Å². The standard InChI is InChI=1S/C24H22N4O4S/c1-31-19-8-6-16(7-9-19)24-26-18(15-33-24)13-25-22(29)14-28-23(30)11-10-21(27-28)17-4-3-5-20(12-17)32-2/h3-12,15H,13-14H2,1-2H3,(H,25,29). The number of hydrogen-bond acceptors (Lipinski definition) is 7. The number of benzene rings is 2. The molecule has 4 rings (SSSR count). The minimum atomic E-state index is -0.354. The van der Waals surface area contributed by atoms with Crippen molar-refractivity contribution in [1.82, 2.24) is 20.1 Å². The fraction of sp³-hybridized carbons (Fsp3) is 0.167. The van der Waals surface area contributed by atoms with Crippen LogP contribution in [0.2, 0.25) is 0 Å². The number of aromatic nitrogens is 3. The smallest absolute Gasteiger partial charge is 0.267 e. The molecular weight excluding hydrogens is 440 g/mol. The van der Waals surface area contributed by atoms with E-state index in [1.54, 1.807) is 20.3 Å². The molecule has 0 atom stereocenters. The molecule has 0 spiro atoms. The largest absolute Gasteiger partial charge is 0.497 e. The zero-order valence-electron chi connectivity index (χ0n) is 18.1. The molecule has 1 N–H and O–H groups in total. The summed E-state index contributed by atoms with van der Waals surface area (Å²) in [6, 6.07) is 18.0. The molecule has 168 valence electrons. The molecule has 2 heterocycles. The summed E-state index contributed by atoms with van der Waals surface area (Å²) in [5.41, 5.74) is 2.72. The third-order valence-electron chi connectivity index (χ3n) is 4.88. The van der Waals surface area contributed by atoms with Crippen molar-refractivity contribution in [1.29, 1.82) is 0 Å². The van der Waals surface area contributed by atoms with Crippen molar-refractivity contribution in [2.45, 2.75) is 13.1 Å². The third-order valence-corrected chi connectivity index (χ3v) is 5.82. The Morgan fingerprint density at radius 1 is 1.00 bits per heavy atom. The molecule has 0 fully saturated rings. The lowest BCUT2D eigenvalue weighted by molar-refractivity contribution is -0.122. The highest BCUT2D eigenvalue weighted by atomic mass is 32.1. The van der Waals surface area contributed by atoms with Gasteiger partial charge in [-0.15, -0.1) is 11.3 Å². The van der Waals surface area contributed by atoms with Gasteiger partial charge in [0, 0.05) is 22.6 Å². The highest BCUT2D eigenvalue weighted by molar-refractivity contribution is 7.13. The summed E-state index contributed by atoms with van der Waals surface area (Å²) in [4.78, 5) is 29.3. The van der Waals surface area contributed by atoms with Gasteiger partial charge < -0.3 is 14.8 Å². The lowest BCUT2D eigenvalue weighted by atomic mass is 10.1. The maximum Gasteiger partial charge on any atom is 0.267 e. The number of rotatable bonds is 8. The van der Waals surface area contributed by atoms with Gasteiger partial charge in [-0.2, -0.15) is 5.10 Å². The van der Waals surface area contributed by atoms with E-state index in [0.29, 0.717) is 11.4 Å². The third kappa shape index (κ3) is 5.45. The Hall–Kier alpha value is -3.98. The number of carbonyl (C=O) groups excluding carboxylic acids is 1. The summed E-state index contributed by atoms with van der Waals surface area (Å²) < 4.78 is 11.6. The first-order chi connectivity index (χ1) is 16.1. The van der Waals surface area contributed by atoms with E-state index in [0.717, 1.165) is 32.3 Å². The van der Waals surface area contributed by atoms with Crippen LogP contribution in [0.15, 0.2) is 70.8 Å². The van der Waals surface area contributed by atoms with Gasteiger partial charge in [0.25, 0.3) is 5.56 Å². The predicted molar refractivity (Wildman–Crippen MR) is 126 cm³/mol. The maximum absolute atomic E-state index is 12.5. The fourth-order valence-corrected chi connectivity index (χ4v) is 3.96. The minimum Gasteiger partial charge on any atom is -0.497 e. The average molecular weight is 463 g/mol. The SMILES string of the molecule is COc1ccc(-c2nc(CNC(=O)Cn3nc(-c4cccc(OC)c4)ccc3=O)cs2)cc1. The minimum absolute atomic E-state index is 0.188. The van der Waals surface area contributed by atoms with Crippen LogP contribution in [0.5, 0.6) is 11.5 Å². The van der Waals surface area contributed by atoms with Crippen molar-refractivity contribution in [3.05, 3.63) is 82.1 Å². The van der Waals surface area contributed by atoms with Crippen LogP contribution in [0.3, 0.4) is 0 Å². The second-order valence-electron chi connectivity index (χ2n) is 7.10. The number of nitrogens with zero attached hydrogens (tertiary/aromatic N) is 3. The number of ether oxygens (including phenoxy) is 2. The molecular formula is C24H22N4O4S. The molecule has 4 aromatic rings. The van der Waals surface area contributed by atoms with Crippen LogP contribution in [0.25, 0.3) is 21.8 Å². The first-order valence-electron chi connectivity index (χ1n) is 10.1. The molecule has 0 bridgehead atoms. The van der Waals surface area contributed by atoms with Gasteiger partial charge in [-0.25, -0.2) is 9.67 Å². The van der Waals surface area contributed by atoms with E-state index in [2.05, 4.69) is 15.4 Å². The molecule has 0 aliphatic heterocycles. The zero-order chi connectivity index (χ0) is 23.2. The van der Waals surface area contributed by atoms with Crippen molar-refractivity contribution in [2.75, 3.05) is 14.2 Å². The topological polar surface area (TPSA) is 95.3 Å². The van der Waals surface area contributed by atoms with Gasteiger partial charge in [-0.3, -0.25) is 9.59 Å². The Bertz CT molecular complexity index is 1310. The van der Waals surface area contributed by atoms with Gasteiger partial charge in [-0.1, -0.05) is 12.1 Å². The number of methoxy groups -OCH3 is 2. The van der Waals surface area contributed by atoms with Crippen LogP contribution in [0.4, 0.5) is 0 Å². The van der Waals surface area contributed by atoms with E-state index >= 15 is 0 Å². The van der Waals surface area contributed by atoms with Crippen molar-refractivity contribution >= 4 is 17.2 Å². The number of thiazole rings is 1. The second-order valence-corrected chi connectivity index (χ2v) is 7.95. The summed E-state index contributed by atoms with van der Waals surface area (Å²) in [5, 5.41) is 9.88. The van der Waals surface area contributed by atoms with E-state index in [1.807, 2.05) is 53.9 Å². The summed E-state index contributed by atoms with van der Waals surface area (Å²) in [7, 11) is 3.21. The summed E-state index contributed by atoms with van der Waals surface area (Å²) in [6.45, 7) is 0.0714. The summed E-state index contributed by atoms with van der Waals surface area (Å²) in [5.74, 6) is 1.13. The van der Waals surface area contributed by atoms with E-state index in [4.69, 9.17) is 9.47 Å². The summed E-state index contributed by atoms with van der Waals surface area (Å²) in [6.07, 6.45) is 0. The zero-order valence-corrected chi connectivity index (χ0v) is 19.0. The molecule has 0 aliphatic rings. The molecule has 2 aromatic carbocycles. The van der Waals surface area contributed by atoms with Crippen LogP contribution >= 0.6 is 11.3 Å². The van der Waals surface area contributed by atoms with Crippen LogP contribution in [-0.2, 0) is 17.9 Å². The molecule has 0 unspecified atom stereocenters. The van der Waals surface area contributed by atoms with E-state index in [-0.39, 0.29) is 24.6 Å². The Balaban J connectivity index is 1.40. The number of hydrogen-bond donors (Lipinski definition) is 1. The summed E-state index contributed by atoms with van der Waals surface area (Å²) >= 11 is 1.50. The number of amides is 1. The second kappa shape index (κ2) is 10.1. The van der Waals surface area contributed by atoms with E-state index in [1.165, 1.54) is 17.4 Å². The van der Waals surface area contributed by atoms with Crippen LogP contribution < -0.4 is 20.3 Å². The monoisotopic (exact) mass is 462 g/mol. The normalized spacial score (nSPS) is 10.6. The lowest BCUT2D eigenvalue weighted by Gasteiger charge is -2.08. The molecule has 0 aliphatic carbocycles. The van der Waals surface area contributed by atoms with E-state index < -0.39 is 0 Å². The number of nitrogens with one attached hydrogen (secondary N) is 1. The van der Waals surface area contributed by atoms with Crippen LogP contribution in [0, 0.1) is 0 Å². The quantitative estimate of drug-likeness (QED) is 0.431. The number of carbonyl (C=O) groups is 1. The van der Waals surface area contributed by atoms with Crippen LogP contribution in [0.1, 0.15) is 5.69 Å². The molecule has 1 amide bonds. The Labute approximate surface area is 194 Å². The van der Waals surface area contributed by atoms with Crippen molar-refractivity contribution in [3.63, 3.8) is 0 Å². The Morgan fingerprint density at radius 2 is 1.79 bits per heavy atom. The van der Waals surface area contributed by atoms with Gasteiger partial charge >= 0.3 is 0 Å². The first-order valence-corrected chi connectivity index (χ1v) is 11.0. The average Bonchev–Trinajstić information content (AvgIpc) is 3.33. The molecule has 9 heteroatoms. The Morgan fingerprint density at radius 3 is 2.55 bits per heavy atom. The molecule has 33 heavy (non-hydrogen) atoms. The molecule has 0 saturated heterocycles. The Kier molecular flexibility index (Phi) is 6.80. The molecule has 8 nitrogen and oxygen atoms in total. The van der Waals surface area contributed by atoms with Crippen molar-refractivity contribution in [2.24, 2.45) is 0 Å². The highest BCUT2D eigenvalue weighted by Gasteiger charge is 2.10. The van der Waals surface area contributed by atoms with Gasteiger partial charge in [0.2, 0.25) is 5.91 Å². The van der Waals surface area contributed by atoms with Gasteiger partial charge in [0.05, 0.1) is 32.2 Å². The van der Waals surface area contributed by atoms with Crippen LogP contribution in [-0.4, -0.2) is 34.9 Å². The lowest BCUT2D eigenvalue weighted by Crippen LogP contribution is -2.33. The molecule has 2 aromatic heterocycles. The van der Waals surface area contributed by atoms with Crippen molar-refractivity contribution < 1.29 is 14.3 Å². The molecule has 0 radical (unpaired) electrons. The highest BCUT2D eigenvalue weighted by Crippen LogP contribution is 2.25.